The van der Waals surface area contributed by atoms with Crippen LogP contribution < -0.4 is 0 Å². The summed E-state index contributed by atoms with van der Waals surface area (Å²) >= 11 is 1.60. The zero-order valence-corrected chi connectivity index (χ0v) is 11.3. The van der Waals surface area contributed by atoms with Crippen LogP contribution in [0.25, 0.3) is 0 Å². The van der Waals surface area contributed by atoms with E-state index in [4.69, 9.17) is 0 Å². The van der Waals surface area contributed by atoms with Crippen molar-refractivity contribution in [2.75, 3.05) is 6.26 Å². The van der Waals surface area contributed by atoms with E-state index >= 15 is 0 Å². The molecule has 0 amide bonds. The molecule has 0 N–H and O–H groups in total. The van der Waals surface area contributed by atoms with E-state index in [1.54, 1.807) is 24.2 Å². The van der Waals surface area contributed by atoms with Crippen molar-refractivity contribution in [3.8, 4) is 0 Å². The predicted molar refractivity (Wildman–Crippen MR) is 75.2 cm³/mol. The molecule has 0 saturated carbocycles. The monoisotopic (exact) mass is 257 g/mol. The molecule has 2 rings (SSSR count). The quantitative estimate of drug-likeness (QED) is 0.616. The Kier molecular flexibility index (Phi) is 4.15. The van der Waals surface area contributed by atoms with Crippen LogP contribution >= 0.6 is 11.8 Å². The molecule has 0 saturated heterocycles. The van der Waals surface area contributed by atoms with Gasteiger partial charge in [0.05, 0.1) is 0 Å². The Morgan fingerprint density at radius 1 is 1.17 bits per heavy atom. The molecule has 2 nitrogen and oxygen atoms in total. The topological polar surface area (TPSA) is 30.0 Å². The van der Waals surface area contributed by atoms with Crippen molar-refractivity contribution in [3.05, 3.63) is 59.9 Å². The molecule has 1 heterocycles. The first-order valence-electron chi connectivity index (χ1n) is 5.81. The zero-order valence-electron chi connectivity index (χ0n) is 10.5. The molecule has 3 heteroatoms. The van der Waals surface area contributed by atoms with Gasteiger partial charge in [-0.1, -0.05) is 25.1 Å². The van der Waals surface area contributed by atoms with E-state index in [9.17, 15) is 4.79 Å². The standard InChI is InChI=1S/C15H15NOS/c1-11(12-7-9-16-10-8-12)15(17)13-5-3-4-6-14(13)18-2/h3-11H,1-2H3. The predicted octanol–water partition coefficient (Wildman–Crippen LogP) is 3.79. The highest BCUT2D eigenvalue weighted by atomic mass is 32.2. The average molecular weight is 257 g/mol. The second-order valence-electron chi connectivity index (χ2n) is 4.07. The Morgan fingerprint density at radius 3 is 2.50 bits per heavy atom. The summed E-state index contributed by atoms with van der Waals surface area (Å²) in [6.45, 7) is 1.94. The van der Waals surface area contributed by atoms with Crippen molar-refractivity contribution in [1.82, 2.24) is 4.98 Å². The molecule has 1 aromatic carbocycles. The van der Waals surface area contributed by atoms with Gasteiger partial charge in [0, 0.05) is 28.8 Å². The molecule has 18 heavy (non-hydrogen) atoms. The summed E-state index contributed by atoms with van der Waals surface area (Å²) in [4.78, 5) is 17.5. The number of carbonyl (C=O) groups is 1. The molecule has 0 aliphatic rings. The van der Waals surface area contributed by atoms with Gasteiger partial charge in [0.2, 0.25) is 0 Å². The van der Waals surface area contributed by atoms with Crippen LogP contribution in [-0.2, 0) is 0 Å². The summed E-state index contributed by atoms with van der Waals surface area (Å²) in [5.41, 5.74) is 1.81. The van der Waals surface area contributed by atoms with Crippen LogP contribution in [0.5, 0.6) is 0 Å². The SMILES string of the molecule is CSc1ccccc1C(=O)C(C)c1ccncc1. The van der Waals surface area contributed by atoms with Crippen LogP contribution in [-0.4, -0.2) is 17.0 Å². The van der Waals surface area contributed by atoms with Crippen molar-refractivity contribution in [1.29, 1.82) is 0 Å². The number of ketones is 1. The molecule has 2 aromatic rings. The minimum absolute atomic E-state index is 0.138. The Balaban J connectivity index is 2.32. The fourth-order valence-corrected chi connectivity index (χ4v) is 2.49. The van der Waals surface area contributed by atoms with Crippen LogP contribution in [0.15, 0.2) is 53.7 Å². The van der Waals surface area contributed by atoms with E-state index in [0.717, 1.165) is 16.0 Å². The van der Waals surface area contributed by atoms with Gasteiger partial charge >= 0.3 is 0 Å². The number of carbonyl (C=O) groups excluding carboxylic acids is 1. The molecule has 1 aromatic heterocycles. The molecule has 1 unspecified atom stereocenters. The minimum Gasteiger partial charge on any atom is -0.293 e. The average Bonchev–Trinajstić information content (AvgIpc) is 2.46. The highest BCUT2D eigenvalue weighted by molar-refractivity contribution is 7.98. The molecule has 0 aliphatic heterocycles. The van der Waals surface area contributed by atoms with Crippen molar-refractivity contribution in [2.24, 2.45) is 0 Å². The molecule has 92 valence electrons. The normalized spacial score (nSPS) is 12.1. The smallest absolute Gasteiger partial charge is 0.171 e. The largest absolute Gasteiger partial charge is 0.293 e. The summed E-state index contributed by atoms with van der Waals surface area (Å²) in [6, 6.07) is 11.5. The van der Waals surface area contributed by atoms with Gasteiger partial charge in [-0.05, 0) is 30.0 Å². The number of rotatable bonds is 4. The first-order valence-corrected chi connectivity index (χ1v) is 7.03. The van der Waals surface area contributed by atoms with Crippen molar-refractivity contribution < 1.29 is 4.79 Å². The number of thioether (sulfide) groups is 1. The molecule has 0 bridgehead atoms. The van der Waals surface area contributed by atoms with Crippen LogP contribution in [0, 0.1) is 0 Å². The van der Waals surface area contributed by atoms with E-state index in [0.29, 0.717) is 0 Å². The molecule has 0 spiro atoms. The first-order chi connectivity index (χ1) is 8.74. The summed E-state index contributed by atoms with van der Waals surface area (Å²) in [5, 5.41) is 0. The number of pyridine rings is 1. The summed E-state index contributed by atoms with van der Waals surface area (Å²) in [7, 11) is 0. The summed E-state index contributed by atoms with van der Waals surface area (Å²) in [5.74, 6) is 0.0208. The molecule has 1 atom stereocenters. The van der Waals surface area contributed by atoms with Crippen molar-refractivity contribution in [2.45, 2.75) is 17.7 Å². The maximum absolute atomic E-state index is 12.5. The van der Waals surface area contributed by atoms with E-state index in [1.165, 1.54) is 0 Å². The number of Topliss-reactive ketones (excluding diaryl/α,β-unsaturated/α-hetero) is 1. The summed E-state index contributed by atoms with van der Waals surface area (Å²) < 4.78 is 0. The van der Waals surface area contributed by atoms with Gasteiger partial charge in [-0.3, -0.25) is 9.78 Å². The third-order valence-electron chi connectivity index (χ3n) is 2.97. The fourth-order valence-electron chi connectivity index (χ4n) is 1.88. The van der Waals surface area contributed by atoms with Gasteiger partial charge in [-0.2, -0.15) is 0 Å². The number of benzene rings is 1. The lowest BCUT2D eigenvalue weighted by Crippen LogP contribution is -2.10. The van der Waals surface area contributed by atoms with E-state index in [2.05, 4.69) is 4.98 Å². The van der Waals surface area contributed by atoms with Gasteiger partial charge in [0.25, 0.3) is 0 Å². The fraction of sp³-hybridized carbons (Fsp3) is 0.200. The maximum Gasteiger partial charge on any atom is 0.171 e. The number of hydrogen-bond acceptors (Lipinski definition) is 3. The Hall–Kier alpha value is -1.61. The summed E-state index contributed by atoms with van der Waals surface area (Å²) in [6.07, 6.45) is 5.43. The highest BCUT2D eigenvalue weighted by Crippen LogP contribution is 2.26. The zero-order chi connectivity index (χ0) is 13.0. The number of nitrogens with zero attached hydrogens (tertiary/aromatic N) is 1. The number of aromatic nitrogens is 1. The van der Waals surface area contributed by atoms with E-state index in [1.807, 2.05) is 49.6 Å². The molecule has 0 radical (unpaired) electrons. The molecular weight excluding hydrogens is 242 g/mol. The third-order valence-corrected chi connectivity index (χ3v) is 3.77. The molecule has 0 aliphatic carbocycles. The Bertz CT molecular complexity index is 539. The van der Waals surface area contributed by atoms with Crippen LogP contribution in [0.3, 0.4) is 0 Å². The van der Waals surface area contributed by atoms with Crippen molar-refractivity contribution >= 4 is 17.5 Å². The lowest BCUT2D eigenvalue weighted by atomic mass is 9.93. The lowest BCUT2D eigenvalue weighted by molar-refractivity contribution is 0.0963. The molecule has 0 fully saturated rings. The van der Waals surface area contributed by atoms with Gasteiger partial charge in [0.1, 0.15) is 0 Å². The van der Waals surface area contributed by atoms with Crippen LogP contribution in [0.1, 0.15) is 28.8 Å². The second-order valence-corrected chi connectivity index (χ2v) is 4.91. The highest BCUT2D eigenvalue weighted by Gasteiger charge is 2.19. The Labute approximate surface area is 111 Å². The first kappa shape index (κ1) is 12.8. The van der Waals surface area contributed by atoms with Crippen molar-refractivity contribution in [3.63, 3.8) is 0 Å². The second kappa shape index (κ2) is 5.83. The van der Waals surface area contributed by atoms with E-state index in [-0.39, 0.29) is 11.7 Å². The van der Waals surface area contributed by atoms with Gasteiger partial charge in [-0.15, -0.1) is 11.8 Å². The minimum atomic E-state index is -0.138. The third kappa shape index (κ3) is 2.62. The lowest BCUT2D eigenvalue weighted by Gasteiger charge is -2.12. The van der Waals surface area contributed by atoms with Gasteiger partial charge in [0.15, 0.2) is 5.78 Å². The molecular formula is C15H15NOS. The van der Waals surface area contributed by atoms with Crippen LogP contribution in [0.2, 0.25) is 0 Å². The van der Waals surface area contributed by atoms with Gasteiger partial charge in [-0.25, -0.2) is 0 Å². The van der Waals surface area contributed by atoms with Crippen LogP contribution in [0.4, 0.5) is 0 Å². The number of hydrogen-bond donors (Lipinski definition) is 0. The maximum atomic E-state index is 12.5. The van der Waals surface area contributed by atoms with Gasteiger partial charge < -0.3 is 0 Å². The Morgan fingerprint density at radius 2 is 1.83 bits per heavy atom. The van der Waals surface area contributed by atoms with E-state index < -0.39 is 0 Å².